The van der Waals surface area contributed by atoms with E-state index in [0.29, 0.717) is 6.42 Å². The maximum atomic E-state index is 11.8. The standard InChI is InChI=1S/C24H48N2O/c1-4-7-8-9-10-11-12-13-14-15-16-17-18-19-20-21-24(27)25-22-23-26(5-2)6-3/h13-14H,4-12,15-23H2,1-3H3,(H,25,27). The molecule has 1 N–H and O–H groups in total. The predicted molar refractivity (Wildman–Crippen MR) is 120 cm³/mol. The lowest BCUT2D eigenvalue weighted by Gasteiger charge is -2.17. The van der Waals surface area contributed by atoms with Crippen LogP contribution < -0.4 is 5.32 Å². The van der Waals surface area contributed by atoms with Crippen molar-refractivity contribution < 1.29 is 4.79 Å². The summed E-state index contributed by atoms with van der Waals surface area (Å²) in [6, 6.07) is 0. The van der Waals surface area contributed by atoms with Gasteiger partial charge >= 0.3 is 0 Å². The number of unbranched alkanes of at least 4 members (excludes halogenated alkanes) is 11. The fraction of sp³-hybridized carbons (Fsp3) is 0.875. The number of nitrogens with one attached hydrogen (secondary N) is 1. The second kappa shape index (κ2) is 21.5. The Morgan fingerprint density at radius 3 is 1.81 bits per heavy atom. The highest BCUT2D eigenvalue weighted by molar-refractivity contribution is 5.75. The molecule has 0 aromatic carbocycles. The lowest BCUT2D eigenvalue weighted by Crippen LogP contribution is -2.34. The zero-order valence-electron chi connectivity index (χ0n) is 18.7. The summed E-state index contributed by atoms with van der Waals surface area (Å²) in [5.41, 5.74) is 0. The summed E-state index contributed by atoms with van der Waals surface area (Å²) in [5, 5.41) is 3.04. The quantitative estimate of drug-likeness (QED) is 0.193. The van der Waals surface area contributed by atoms with Crippen LogP contribution in [0.3, 0.4) is 0 Å². The van der Waals surface area contributed by atoms with Crippen molar-refractivity contribution in [3.8, 4) is 0 Å². The Bertz CT molecular complexity index is 337. The van der Waals surface area contributed by atoms with Gasteiger partial charge in [0.15, 0.2) is 0 Å². The highest BCUT2D eigenvalue weighted by atomic mass is 16.1. The first-order chi connectivity index (χ1) is 13.2. The van der Waals surface area contributed by atoms with Crippen molar-refractivity contribution in [3.05, 3.63) is 12.2 Å². The molecule has 3 heteroatoms. The molecule has 160 valence electrons. The lowest BCUT2D eigenvalue weighted by atomic mass is 10.1. The molecule has 0 aromatic rings. The molecule has 0 radical (unpaired) electrons. The number of rotatable bonds is 20. The van der Waals surface area contributed by atoms with Crippen LogP contribution in [0.15, 0.2) is 12.2 Å². The number of carbonyl (C=O) groups is 1. The van der Waals surface area contributed by atoms with Gasteiger partial charge in [0, 0.05) is 19.5 Å². The molecule has 0 saturated carbocycles. The monoisotopic (exact) mass is 380 g/mol. The van der Waals surface area contributed by atoms with Gasteiger partial charge in [-0.25, -0.2) is 0 Å². The molecule has 1 amide bonds. The summed E-state index contributed by atoms with van der Waals surface area (Å²) in [5.74, 6) is 0.222. The minimum atomic E-state index is 0.222. The molecule has 0 heterocycles. The zero-order chi connectivity index (χ0) is 20.0. The van der Waals surface area contributed by atoms with Gasteiger partial charge in [-0.05, 0) is 45.2 Å². The third-order valence-electron chi connectivity index (χ3n) is 5.31. The van der Waals surface area contributed by atoms with Gasteiger partial charge < -0.3 is 10.2 Å². The van der Waals surface area contributed by atoms with E-state index in [1.54, 1.807) is 0 Å². The number of hydrogen-bond donors (Lipinski definition) is 1. The van der Waals surface area contributed by atoms with E-state index in [0.717, 1.165) is 32.6 Å². The Hall–Kier alpha value is -0.830. The summed E-state index contributed by atoms with van der Waals surface area (Å²) < 4.78 is 0. The second-order valence-electron chi connectivity index (χ2n) is 7.71. The highest BCUT2D eigenvalue weighted by Gasteiger charge is 2.02. The predicted octanol–water partition coefficient (Wildman–Crippen LogP) is 6.48. The van der Waals surface area contributed by atoms with Gasteiger partial charge in [-0.2, -0.15) is 0 Å². The van der Waals surface area contributed by atoms with E-state index in [1.807, 2.05) is 0 Å². The Morgan fingerprint density at radius 2 is 1.26 bits per heavy atom. The van der Waals surface area contributed by atoms with Crippen LogP contribution in [0.2, 0.25) is 0 Å². The Morgan fingerprint density at radius 1 is 0.741 bits per heavy atom. The molecule has 0 unspecified atom stereocenters. The van der Waals surface area contributed by atoms with Gasteiger partial charge in [0.05, 0.1) is 0 Å². The molecule has 3 nitrogen and oxygen atoms in total. The molecule has 0 saturated heterocycles. The first-order valence-corrected chi connectivity index (χ1v) is 11.9. The first-order valence-electron chi connectivity index (χ1n) is 11.9. The fourth-order valence-corrected chi connectivity index (χ4v) is 3.34. The minimum Gasteiger partial charge on any atom is -0.355 e. The molecule has 0 atom stereocenters. The van der Waals surface area contributed by atoms with E-state index in [4.69, 9.17) is 0 Å². The third-order valence-corrected chi connectivity index (χ3v) is 5.31. The maximum absolute atomic E-state index is 11.8. The molecule has 0 aliphatic carbocycles. The van der Waals surface area contributed by atoms with Crippen molar-refractivity contribution in [3.63, 3.8) is 0 Å². The maximum Gasteiger partial charge on any atom is 0.220 e. The van der Waals surface area contributed by atoms with Gasteiger partial charge in [0.1, 0.15) is 0 Å². The van der Waals surface area contributed by atoms with Gasteiger partial charge in [0.2, 0.25) is 5.91 Å². The zero-order valence-corrected chi connectivity index (χ0v) is 18.7. The average molecular weight is 381 g/mol. The summed E-state index contributed by atoms with van der Waals surface area (Å²) in [6.45, 7) is 10.5. The van der Waals surface area contributed by atoms with Crippen LogP contribution in [0.1, 0.15) is 111 Å². The molecular formula is C24H48N2O. The Labute approximate surface area is 170 Å². The average Bonchev–Trinajstić information content (AvgIpc) is 2.68. The van der Waals surface area contributed by atoms with Crippen LogP contribution in [0.4, 0.5) is 0 Å². The smallest absolute Gasteiger partial charge is 0.220 e. The van der Waals surface area contributed by atoms with Crippen molar-refractivity contribution >= 4 is 5.91 Å². The Balaban J connectivity index is 3.28. The van der Waals surface area contributed by atoms with Crippen molar-refractivity contribution in [2.24, 2.45) is 0 Å². The highest BCUT2D eigenvalue weighted by Crippen LogP contribution is 2.09. The number of hydrogen-bond acceptors (Lipinski definition) is 2. The van der Waals surface area contributed by atoms with Crippen molar-refractivity contribution in [1.29, 1.82) is 0 Å². The molecule has 0 aromatic heterocycles. The third kappa shape index (κ3) is 19.7. The lowest BCUT2D eigenvalue weighted by molar-refractivity contribution is -0.121. The minimum absolute atomic E-state index is 0.222. The summed E-state index contributed by atoms with van der Waals surface area (Å²) in [4.78, 5) is 14.1. The second-order valence-corrected chi connectivity index (χ2v) is 7.71. The number of amides is 1. The van der Waals surface area contributed by atoms with Crippen LogP contribution in [0, 0.1) is 0 Å². The molecule has 0 aliphatic heterocycles. The summed E-state index contributed by atoms with van der Waals surface area (Å²) in [6.07, 6.45) is 22.3. The largest absolute Gasteiger partial charge is 0.355 e. The van der Waals surface area contributed by atoms with E-state index in [-0.39, 0.29) is 5.91 Å². The van der Waals surface area contributed by atoms with Gasteiger partial charge in [-0.15, -0.1) is 0 Å². The summed E-state index contributed by atoms with van der Waals surface area (Å²) >= 11 is 0. The van der Waals surface area contributed by atoms with Gasteiger partial charge in [-0.1, -0.05) is 84.3 Å². The fourth-order valence-electron chi connectivity index (χ4n) is 3.34. The van der Waals surface area contributed by atoms with Crippen molar-refractivity contribution in [2.75, 3.05) is 26.2 Å². The molecule has 0 aliphatic rings. The summed E-state index contributed by atoms with van der Waals surface area (Å²) in [7, 11) is 0. The number of carbonyl (C=O) groups excluding carboxylic acids is 1. The van der Waals surface area contributed by atoms with Crippen LogP contribution in [0.25, 0.3) is 0 Å². The van der Waals surface area contributed by atoms with Crippen LogP contribution in [-0.4, -0.2) is 37.0 Å². The SMILES string of the molecule is CCCCCCCCC=CCCCCCCCC(=O)NCCN(CC)CC. The molecule has 0 fully saturated rings. The van der Waals surface area contributed by atoms with Gasteiger partial charge in [0.25, 0.3) is 0 Å². The molecule has 27 heavy (non-hydrogen) atoms. The molecule has 0 spiro atoms. The van der Waals surface area contributed by atoms with Gasteiger partial charge in [-0.3, -0.25) is 4.79 Å². The normalized spacial score (nSPS) is 11.6. The topological polar surface area (TPSA) is 32.3 Å². The van der Waals surface area contributed by atoms with E-state index in [9.17, 15) is 4.79 Å². The molecular weight excluding hydrogens is 332 g/mol. The number of allylic oxidation sites excluding steroid dienone is 2. The van der Waals surface area contributed by atoms with Crippen LogP contribution in [0.5, 0.6) is 0 Å². The van der Waals surface area contributed by atoms with Crippen LogP contribution in [-0.2, 0) is 4.79 Å². The van der Waals surface area contributed by atoms with E-state index < -0.39 is 0 Å². The number of nitrogens with zero attached hydrogens (tertiary/aromatic N) is 1. The van der Waals surface area contributed by atoms with Crippen molar-refractivity contribution in [1.82, 2.24) is 10.2 Å². The number of likely N-dealkylation sites (N-methyl/N-ethyl adjacent to an activating group) is 1. The van der Waals surface area contributed by atoms with E-state index >= 15 is 0 Å². The van der Waals surface area contributed by atoms with Crippen molar-refractivity contribution in [2.45, 2.75) is 111 Å². The molecule has 0 bridgehead atoms. The van der Waals surface area contributed by atoms with E-state index in [1.165, 1.54) is 77.0 Å². The van der Waals surface area contributed by atoms with E-state index in [2.05, 4.69) is 43.1 Å². The Kier molecular flexibility index (Phi) is 20.8. The molecule has 0 rings (SSSR count). The van der Waals surface area contributed by atoms with Crippen LogP contribution >= 0.6 is 0 Å². The first kappa shape index (κ1) is 26.2.